The Balaban J connectivity index is 2.88. The Morgan fingerprint density at radius 1 is 1.75 bits per heavy atom. The fourth-order valence-corrected chi connectivity index (χ4v) is 0.311. The summed E-state index contributed by atoms with van der Waals surface area (Å²) in [5.74, 6) is -0.604. The van der Waals surface area contributed by atoms with Crippen LogP contribution in [0.25, 0.3) is 0 Å². The summed E-state index contributed by atoms with van der Waals surface area (Å²) >= 11 is 0. The number of carbonyl (C=O) groups is 1. The molecule has 39 valence electrons. The SMILES string of the molecule is [N]=NC1=CN=NC1=O. The minimum Gasteiger partial charge on any atom is -0.263 e. The number of azo groups is 1. The highest BCUT2D eigenvalue weighted by atomic mass is 16.2. The molecule has 0 saturated heterocycles. The zero-order chi connectivity index (χ0) is 5.98. The van der Waals surface area contributed by atoms with Crippen LogP contribution in [0.2, 0.25) is 0 Å². The van der Waals surface area contributed by atoms with Gasteiger partial charge in [0.15, 0.2) is 5.70 Å². The lowest BCUT2D eigenvalue weighted by Crippen LogP contribution is -1.88. The molecule has 1 aliphatic heterocycles. The van der Waals surface area contributed by atoms with Crippen molar-refractivity contribution in [2.75, 3.05) is 0 Å². The number of amides is 1. The third-order valence-corrected chi connectivity index (χ3v) is 0.655. The molecule has 0 aromatic carbocycles. The van der Waals surface area contributed by atoms with Crippen LogP contribution in [0.5, 0.6) is 0 Å². The van der Waals surface area contributed by atoms with Gasteiger partial charge in [0.25, 0.3) is 0 Å². The normalized spacial score (nSPS) is 16.5. The van der Waals surface area contributed by atoms with E-state index in [0.29, 0.717) is 0 Å². The second-order valence-electron chi connectivity index (χ2n) is 1.13. The maximum atomic E-state index is 10.2. The van der Waals surface area contributed by atoms with E-state index in [2.05, 4.69) is 15.3 Å². The third kappa shape index (κ3) is 0.534. The highest BCUT2D eigenvalue weighted by Gasteiger charge is 2.10. The van der Waals surface area contributed by atoms with Gasteiger partial charge in [0.1, 0.15) is 0 Å². The Labute approximate surface area is 44.6 Å². The lowest BCUT2D eigenvalue weighted by Gasteiger charge is -1.74. The Hall–Kier alpha value is -1.39. The molecule has 0 unspecified atom stereocenters. The molecule has 0 aromatic rings. The molecule has 1 radical (unpaired) electrons. The molecule has 0 spiro atoms. The van der Waals surface area contributed by atoms with Crippen LogP contribution in [0.3, 0.4) is 0 Å². The lowest BCUT2D eigenvalue weighted by atomic mass is 10.5. The van der Waals surface area contributed by atoms with Gasteiger partial charge in [0.05, 0.1) is 6.20 Å². The number of carbonyl (C=O) groups excluding carboxylic acids is 1. The summed E-state index contributed by atoms with van der Waals surface area (Å²) in [4.78, 5) is 10.2. The first-order valence-corrected chi connectivity index (χ1v) is 1.85. The minimum atomic E-state index is -0.604. The Bertz CT molecular complexity index is 191. The van der Waals surface area contributed by atoms with Gasteiger partial charge in [-0.15, -0.1) is 10.2 Å². The van der Waals surface area contributed by atoms with Gasteiger partial charge in [-0.05, 0) is 5.53 Å². The van der Waals surface area contributed by atoms with Gasteiger partial charge < -0.3 is 0 Å². The fourth-order valence-electron chi connectivity index (χ4n) is 0.311. The molecular weight excluding hydrogens is 108 g/mol. The molecule has 0 bridgehead atoms. The largest absolute Gasteiger partial charge is 0.317 e. The van der Waals surface area contributed by atoms with Crippen LogP contribution in [0.4, 0.5) is 0 Å². The molecule has 8 heavy (non-hydrogen) atoms. The van der Waals surface area contributed by atoms with Crippen molar-refractivity contribution < 1.29 is 4.79 Å². The van der Waals surface area contributed by atoms with E-state index >= 15 is 0 Å². The Kier molecular flexibility index (Phi) is 0.957. The summed E-state index contributed by atoms with van der Waals surface area (Å²) in [5, 5.41) is 8.80. The highest BCUT2D eigenvalue weighted by molar-refractivity contribution is 5.94. The smallest absolute Gasteiger partial charge is 0.263 e. The number of hydrogen-bond acceptors (Lipinski definition) is 3. The highest BCUT2D eigenvalue weighted by Crippen LogP contribution is 2.05. The summed E-state index contributed by atoms with van der Waals surface area (Å²) in [6.07, 6.45) is 1.09. The maximum Gasteiger partial charge on any atom is 0.317 e. The van der Waals surface area contributed by atoms with Gasteiger partial charge in [-0.3, -0.25) is 4.79 Å². The van der Waals surface area contributed by atoms with Crippen molar-refractivity contribution in [2.24, 2.45) is 15.3 Å². The second-order valence-corrected chi connectivity index (χ2v) is 1.13. The van der Waals surface area contributed by atoms with Gasteiger partial charge in [-0.1, -0.05) is 0 Å². The van der Waals surface area contributed by atoms with Gasteiger partial charge in [0.2, 0.25) is 0 Å². The summed E-state index contributed by atoms with van der Waals surface area (Å²) in [5.41, 5.74) is 7.83. The number of nitrogens with zero attached hydrogens (tertiary/aromatic N) is 4. The van der Waals surface area contributed by atoms with E-state index in [4.69, 9.17) is 5.53 Å². The van der Waals surface area contributed by atoms with E-state index in [1.807, 2.05) is 0 Å². The van der Waals surface area contributed by atoms with E-state index in [9.17, 15) is 4.79 Å². The molecule has 0 N–H and O–H groups in total. The third-order valence-electron chi connectivity index (χ3n) is 0.655. The van der Waals surface area contributed by atoms with Crippen LogP contribution in [-0.2, 0) is 4.79 Å². The molecule has 0 aromatic heterocycles. The van der Waals surface area contributed by atoms with Crippen molar-refractivity contribution in [2.45, 2.75) is 0 Å². The van der Waals surface area contributed by atoms with Crippen molar-refractivity contribution in [3.8, 4) is 0 Å². The first kappa shape index (κ1) is 4.76. The quantitative estimate of drug-likeness (QED) is 0.439. The van der Waals surface area contributed by atoms with Crippen molar-refractivity contribution in [1.82, 2.24) is 5.53 Å². The molecule has 0 saturated carbocycles. The minimum absolute atomic E-state index is 0.120. The summed E-state index contributed by atoms with van der Waals surface area (Å²) < 4.78 is 0. The zero-order valence-corrected chi connectivity index (χ0v) is 3.77. The molecule has 0 atom stereocenters. The lowest BCUT2D eigenvalue weighted by molar-refractivity contribution is -0.114. The van der Waals surface area contributed by atoms with Crippen molar-refractivity contribution in [1.29, 1.82) is 0 Å². The van der Waals surface area contributed by atoms with Crippen LogP contribution in [-0.4, -0.2) is 5.91 Å². The van der Waals surface area contributed by atoms with E-state index in [1.54, 1.807) is 0 Å². The van der Waals surface area contributed by atoms with Crippen LogP contribution < -0.4 is 5.53 Å². The predicted octanol–water partition coefficient (Wildman–Crippen LogP) is 0.0725. The van der Waals surface area contributed by atoms with Crippen LogP contribution in [0.15, 0.2) is 27.2 Å². The van der Waals surface area contributed by atoms with E-state index in [-0.39, 0.29) is 5.70 Å². The first-order chi connectivity index (χ1) is 3.84. The molecule has 0 aliphatic carbocycles. The molecule has 1 amide bonds. The van der Waals surface area contributed by atoms with Crippen LogP contribution in [0, 0.1) is 0 Å². The molecule has 0 fully saturated rings. The average molecular weight is 109 g/mol. The maximum absolute atomic E-state index is 10.2. The molecule has 1 heterocycles. The van der Waals surface area contributed by atoms with E-state index in [0.717, 1.165) is 6.20 Å². The summed E-state index contributed by atoms with van der Waals surface area (Å²) in [7, 11) is 0. The number of hydrogen-bond donors (Lipinski definition) is 0. The second kappa shape index (κ2) is 1.61. The van der Waals surface area contributed by atoms with Gasteiger partial charge in [-0.25, -0.2) is 0 Å². The molecule has 1 rings (SSSR count). The standard InChI is InChI=1S/C3HN4O/c4-6-2-1-5-7-3(2)8/h1H. The molecule has 1 aliphatic rings. The Morgan fingerprint density at radius 3 is 2.75 bits per heavy atom. The van der Waals surface area contributed by atoms with Gasteiger partial charge >= 0.3 is 5.91 Å². The molecular formula is C3HN4O. The van der Waals surface area contributed by atoms with Crippen LogP contribution >= 0.6 is 0 Å². The zero-order valence-electron chi connectivity index (χ0n) is 3.77. The average Bonchev–Trinajstić information content (AvgIpc) is 2.14. The summed E-state index contributed by atoms with van der Waals surface area (Å²) in [6.45, 7) is 0. The van der Waals surface area contributed by atoms with Crippen molar-refractivity contribution >= 4 is 5.91 Å². The first-order valence-electron chi connectivity index (χ1n) is 1.85. The number of rotatable bonds is 1. The topological polar surface area (TPSA) is 76.4 Å². The Morgan fingerprint density at radius 2 is 2.50 bits per heavy atom. The van der Waals surface area contributed by atoms with Gasteiger partial charge in [-0.2, -0.15) is 5.11 Å². The van der Waals surface area contributed by atoms with E-state index < -0.39 is 5.91 Å². The van der Waals surface area contributed by atoms with Gasteiger partial charge in [0, 0.05) is 0 Å². The fraction of sp³-hybridized carbons (Fsp3) is 0. The van der Waals surface area contributed by atoms with Crippen molar-refractivity contribution in [3.05, 3.63) is 11.9 Å². The van der Waals surface area contributed by atoms with E-state index in [1.165, 1.54) is 0 Å². The monoisotopic (exact) mass is 109 g/mol. The van der Waals surface area contributed by atoms with Crippen molar-refractivity contribution in [3.63, 3.8) is 0 Å². The summed E-state index contributed by atoms with van der Waals surface area (Å²) in [6, 6.07) is 0. The molecule has 5 nitrogen and oxygen atoms in total. The predicted molar refractivity (Wildman–Crippen MR) is 22.5 cm³/mol. The molecule has 5 heteroatoms. The van der Waals surface area contributed by atoms with Crippen LogP contribution in [0.1, 0.15) is 0 Å².